The predicted molar refractivity (Wildman–Crippen MR) is 90.8 cm³/mol. The zero-order valence-corrected chi connectivity index (χ0v) is 13.2. The first-order valence-corrected chi connectivity index (χ1v) is 7.96. The van der Waals surface area contributed by atoms with Gasteiger partial charge in [0.2, 0.25) is 5.43 Å². The Balaban J connectivity index is 1.84. The van der Waals surface area contributed by atoms with Crippen molar-refractivity contribution >= 4 is 22.5 Å². The zero-order valence-electron chi connectivity index (χ0n) is 13.2. The normalized spacial score (nSPS) is 13.0. The molecular formula is C19H14F2N2O2. The molecule has 4 rings (SSSR count). The number of rotatable bonds is 2. The number of carbonyl (C=O) groups excluding carboxylic acids is 1. The highest BCUT2D eigenvalue weighted by Crippen LogP contribution is 2.24. The number of amides is 1. The van der Waals surface area contributed by atoms with Gasteiger partial charge < -0.3 is 9.88 Å². The van der Waals surface area contributed by atoms with Crippen LogP contribution in [0.3, 0.4) is 0 Å². The van der Waals surface area contributed by atoms with Crippen LogP contribution in [-0.2, 0) is 13.0 Å². The van der Waals surface area contributed by atoms with Crippen LogP contribution in [0.15, 0.2) is 47.4 Å². The lowest BCUT2D eigenvalue weighted by molar-refractivity contribution is 0.102. The third-order valence-corrected chi connectivity index (χ3v) is 4.47. The molecule has 25 heavy (non-hydrogen) atoms. The summed E-state index contributed by atoms with van der Waals surface area (Å²) in [6.45, 7) is 0.683. The number of nitrogens with zero attached hydrogens (tertiary/aromatic N) is 1. The molecule has 1 N–H and O–H groups in total. The standard InChI is InChI=1S/C19H14F2N2O2/c20-14-7-2-8-15(21)16(14)22-19(25)13-10-23-9-3-5-11-4-1-6-12(17(11)23)18(13)24/h1-2,4,6-8,10H,3,5,9H2,(H,22,25). The number of hydrogen-bond donors (Lipinski definition) is 1. The molecule has 0 spiro atoms. The van der Waals surface area contributed by atoms with Gasteiger partial charge in [0.1, 0.15) is 22.9 Å². The van der Waals surface area contributed by atoms with Gasteiger partial charge in [0.05, 0.1) is 5.52 Å². The van der Waals surface area contributed by atoms with E-state index < -0.39 is 28.7 Å². The lowest BCUT2D eigenvalue weighted by Gasteiger charge is -2.20. The molecule has 2 aromatic carbocycles. The van der Waals surface area contributed by atoms with Crippen molar-refractivity contribution in [2.24, 2.45) is 0 Å². The number of para-hydroxylation sites is 2. The molecule has 126 valence electrons. The van der Waals surface area contributed by atoms with E-state index >= 15 is 0 Å². The van der Waals surface area contributed by atoms with Crippen LogP contribution in [-0.4, -0.2) is 10.5 Å². The number of aryl methyl sites for hydroxylation is 2. The minimum Gasteiger partial charge on any atom is -0.346 e. The van der Waals surface area contributed by atoms with Gasteiger partial charge in [-0.1, -0.05) is 18.2 Å². The van der Waals surface area contributed by atoms with E-state index in [0.29, 0.717) is 11.9 Å². The fourth-order valence-corrected chi connectivity index (χ4v) is 3.32. The smallest absolute Gasteiger partial charge is 0.261 e. The Morgan fingerprint density at radius 3 is 2.56 bits per heavy atom. The van der Waals surface area contributed by atoms with Gasteiger partial charge in [-0.2, -0.15) is 0 Å². The number of halogens is 2. The maximum atomic E-state index is 13.7. The van der Waals surface area contributed by atoms with Crippen LogP contribution in [0.4, 0.5) is 14.5 Å². The van der Waals surface area contributed by atoms with Crippen LogP contribution in [0, 0.1) is 11.6 Å². The van der Waals surface area contributed by atoms with Crippen molar-refractivity contribution in [2.45, 2.75) is 19.4 Å². The summed E-state index contributed by atoms with van der Waals surface area (Å²) in [4.78, 5) is 25.2. The number of anilines is 1. The van der Waals surface area contributed by atoms with E-state index in [1.54, 1.807) is 12.1 Å². The Bertz CT molecular complexity index is 1050. The number of hydrogen-bond acceptors (Lipinski definition) is 2. The first-order valence-electron chi connectivity index (χ1n) is 7.96. The topological polar surface area (TPSA) is 51.1 Å². The Morgan fingerprint density at radius 2 is 1.80 bits per heavy atom. The summed E-state index contributed by atoms with van der Waals surface area (Å²) in [5.41, 5.74) is 0.762. The highest BCUT2D eigenvalue weighted by Gasteiger charge is 2.21. The molecule has 0 bridgehead atoms. The van der Waals surface area contributed by atoms with Crippen molar-refractivity contribution in [2.75, 3.05) is 5.32 Å². The molecule has 0 aliphatic carbocycles. The second-order valence-electron chi connectivity index (χ2n) is 6.03. The summed E-state index contributed by atoms with van der Waals surface area (Å²) >= 11 is 0. The van der Waals surface area contributed by atoms with Crippen LogP contribution in [0.5, 0.6) is 0 Å². The summed E-state index contributed by atoms with van der Waals surface area (Å²) < 4.78 is 29.4. The van der Waals surface area contributed by atoms with Crippen molar-refractivity contribution in [3.05, 3.63) is 75.6 Å². The van der Waals surface area contributed by atoms with E-state index in [1.807, 2.05) is 10.6 Å². The molecule has 6 heteroatoms. The second-order valence-corrected chi connectivity index (χ2v) is 6.03. The molecule has 0 fully saturated rings. The lowest BCUT2D eigenvalue weighted by Crippen LogP contribution is -2.26. The Labute approximate surface area is 141 Å². The number of carbonyl (C=O) groups is 1. The summed E-state index contributed by atoms with van der Waals surface area (Å²) in [6, 6.07) is 8.71. The third kappa shape index (κ3) is 2.50. The monoisotopic (exact) mass is 340 g/mol. The molecule has 4 nitrogen and oxygen atoms in total. The summed E-state index contributed by atoms with van der Waals surface area (Å²) in [5.74, 6) is -2.61. The van der Waals surface area contributed by atoms with Crippen LogP contribution in [0.2, 0.25) is 0 Å². The molecular weight excluding hydrogens is 326 g/mol. The fraction of sp³-hybridized carbons (Fsp3) is 0.158. The Morgan fingerprint density at radius 1 is 1.08 bits per heavy atom. The van der Waals surface area contributed by atoms with Crippen molar-refractivity contribution in [1.82, 2.24) is 4.57 Å². The van der Waals surface area contributed by atoms with E-state index in [2.05, 4.69) is 5.32 Å². The number of pyridine rings is 1. The van der Waals surface area contributed by atoms with E-state index in [4.69, 9.17) is 0 Å². The van der Waals surface area contributed by atoms with Gasteiger partial charge in [-0.15, -0.1) is 0 Å². The Hall–Kier alpha value is -3.02. The Kier molecular flexibility index (Phi) is 3.60. The SMILES string of the molecule is O=C(Nc1c(F)cccc1F)c1cn2c3c(cccc3c1=O)CCC2. The largest absolute Gasteiger partial charge is 0.346 e. The maximum absolute atomic E-state index is 13.7. The lowest BCUT2D eigenvalue weighted by atomic mass is 9.99. The molecule has 1 aliphatic heterocycles. The number of benzene rings is 2. The van der Waals surface area contributed by atoms with Gasteiger partial charge >= 0.3 is 0 Å². The van der Waals surface area contributed by atoms with Crippen molar-refractivity contribution in [3.8, 4) is 0 Å². The van der Waals surface area contributed by atoms with E-state index in [1.165, 1.54) is 12.3 Å². The van der Waals surface area contributed by atoms with E-state index in [-0.39, 0.29) is 5.56 Å². The predicted octanol–water partition coefficient (Wildman–Crippen LogP) is 3.48. The molecule has 3 aromatic rings. The molecule has 0 atom stereocenters. The minimum atomic E-state index is -0.891. The van der Waals surface area contributed by atoms with Crippen molar-refractivity contribution in [1.29, 1.82) is 0 Å². The van der Waals surface area contributed by atoms with Crippen molar-refractivity contribution in [3.63, 3.8) is 0 Å². The third-order valence-electron chi connectivity index (χ3n) is 4.47. The van der Waals surface area contributed by atoms with Crippen molar-refractivity contribution < 1.29 is 13.6 Å². The number of aromatic nitrogens is 1. The fourth-order valence-electron chi connectivity index (χ4n) is 3.32. The highest BCUT2D eigenvalue weighted by atomic mass is 19.1. The van der Waals surface area contributed by atoms with Crippen LogP contribution in [0.25, 0.3) is 10.9 Å². The molecule has 2 heterocycles. The van der Waals surface area contributed by atoms with Crippen LogP contribution in [0.1, 0.15) is 22.3 Å². The summed E-state index contributed by atoms with van der Waals surface area (Å²) in [6.07, 6.45) is 3.25. The van der Waals surface area contributed by atoms with Gasteiger partial charge in [-0.05, 0) is 36.6 Å². The van der Waals surface area contributed by atoms with Gasteiger partial charge in [0.25, 0.3) is 5.91 Å². The molecule has 0 unspecified atom stereocenters. The molecule has 0 saturated heterocycles. The van der Waals surface area contributed by atoms with Crippen LogP contribution < -0.4 is 10.7 Å². The number of nitrogens with one attached hydrogen (secondary N) is 1. The first kappa shape index (κ1) is 15.5. The first-order chi connectivity index (χ1) is 12.1. The van der Waals surface area contributed by atoms with Gasteiger partial charge in [0, 0.05) is 18.1 Å². The average molecular weight is 340 g/mol. The quantitative estimate of drug-likeness (QED) is 0.776. The summed E-state index contributed by atoms with van der Waals surface area (Å²) in [5, 5.41) is 2.63. The van der Waals surface area contributed by atoms with Gasteiger partial charge in [-0.3, -0.25) is 9.59 Å². The van der Waals surface area contributed by atoms with Crippen LogP contribution >= 0.6 is 0 Å². The van der Waals surface area contributed by atoms with Gasteiger partial charge in [0.15, 0.2) is 0 Å². The van der Waals surface area contributed by atoms with E-state index in [9.17, 15) is 18.4 Å². The molecule has 0 saturated carbocycles. The molecule has 1 amide bonds. The average Bonchev–Trinajstić information content (AvgIpc) is 2.61. The molecule has 1 aromatic heterocycles. The summed E-state index contributed by atoms with van der Waals surface area (Å²) in [7, 11) is 0. The molecule has 0 radical (unpaired) electrons. The highest BCUT2D eigenvalue weighted by molar-refractivity contribution is 6.06. The van der Waals surface area contributed by atoms with E-state index in [0.717, 1.165) is 36.1 Å². The van der Waals surface area contributed by atoms with Gasteiger partial charge in [-0.25, -0.2) is 8.78 Å². The zero-order chi connectivity index (χ0) is 17.6. The second kappa shape index (κ2) is 5.81. The minimum absolute atomic E-state index is 0.130. The molecule has 1 aliphatic rings. The maximum Gasteiger partial charge on any atom is 0.261 e.